The molecular formula is C9H14N2O3. The fourth-order valence-electron chi connectivity index (χ4n) is 1.24. The van der Waals surface area contributed by atoms with E-state index >= 15 is 0 Å². The van der Waals surface area contributed by atoms with Gasteiger partial charge in [-0.1, -0.05) is 6.92 Å². The van der Waals surface area contributed by atoms with Crippen molar-refractivity contribution in [2.24, 2.45) is 13.0 Å². The van der Waals surface area contributed by atoms with Crippen LogP contribution in [0.15, 0.2) is 12.5 Å². The maximum Gasteiger partial charge on any atom is 0.306 e. The van der Waals surface area contributed by atoms with Gasteiger partial charge in [0.1, 0.15) is 0 Å². The molecule has 0 aromatic carbocycles. The average molecular weight is 198 g/mol. The standard InChI is InChI=1S/C9H14N2O3/c1-6(9(13)14)3-8(12)7-4-10-5-11(7)2/h4-6,8,12H,3H2,1-2H3,(H,13,14). The number of aliphatic hydroxyl groups is 1. The SMILES string of the molecule is CC(CC(O)c1cncn1C)C(=O)O. The van der Waals surface area contributed by atoms with Crippen LogP contribution in [0.25, 0.3) is 0 Å². The molecule has 1 aromatic rings. The highest BCUT2D eigenvalue weighted by molar-refractivity contribution is 5.69. The fraction of sp³-hybridized carbons (Fsp3) is 0.556. The molecule has 0 amide bonds. The molecule has 5 nitrogen and oxygen atoms in total. The molecule has 1 aromatic heterocycles. The molecule has 2 N–H and O–H groups in total. The Hall–Kier alpha value is -1.36. The number of rotatable bonds is 4. The lowest BCUT2D eigenvalue weighted by atomic mass is 10.0. The summed E-state index contributed by atoms with van der Waals surface area (Å²) in [6.45, 7) is 1.57. The van der Waals surface area contributed by atoms with Gasteiger partial charge in [-0.05, 0) is 6.42 Å². The highest BCUT2D eigenvalue weighted by Crippen LogP contribution is 2.20. The van der Waals surface area contributed by atoms with Gasteiger partial charge < -0.3 is 14.8 Å². The zero-order valence-electron chi connectivity index (χ0n) is 8.21. The first kappa shape index (κ1) is 10.7. The van der Waals surface area contributed by atoms with Crippen LogP contribution in [0.1, 0.15) is 25.1 Å². The van der Waals surface area contributed by atoms with Crippen molar-refractivity contribution in [3.8, 4) is 0 Å². The zero-order chi connectivity index (χ0) is 10.7. The Balaban J connectivity index is 2.63. The molecule has 0 fully saturated rings. The van der Waals surface area contributed by atoms with Crippen LogP contribution in [-0.2, 0) is 11.8 Å². The summed E-state index contributed by atoms with van der Waals surface area (Å²) < 4.78 is 1.68. The molecule has 0 bridgehead atoms. The first-order valence-electron chi connectivity index (χ1n) is 4.39. The normalized spacial score (nSPS) is 15.1. The molecule has 5 heteroatoms. The summed E-state index contributed by atoms with van der Waals surface area (Å²) in [5, 5.41) is 18.3. The van der Waals surface area contributed by atoms with E-state index < -0.39 is 18.0 Å². The Morgan fingerprint density at radius 3 is 2.79 bits per heavy atom. The Morgan fingerprint density at radius 1 is 1.71 bits per heavy atom. The van der Waals surface area contributed by atoms with E-state index in [1.807, 2.05) is 0 Å². The third kappa shape index (κ3) is 2.32. The number of aryl methyl sites for hydroxylation is 1. The largest absolute Gasteiger partial charge is 0.481 e. The van der Waals surface area contributed by atoms with Gasteiger partial charge in [0, 0.05) is 7.05 Å². The molecule has 78 valence electrons. The van der Waals surface area contributed by atoms with Crippen LogP contribution in [0.2, 0.25) is 0 Å². The van der Waals surface area contributed by atoms with Crippen molar-refractivity contribution in [1.82, 2.24) is 9.55 Å². The van der Waals surface area contributed by atoms with Gasteiger partial charge in [-0.3, -0.25) is 4.79 Å². The second-order valence-corrected chi connectivity index (χ2v) is 3.42. The molecule has 0 aliphatic heterocycles. The van der Waals surface area contributed by atoms with Gasteiger partial charge in [-0.15, -0.1) is 0 Å². The van der Waals surface area contributed by atoms with Crippen LogP contribution in [0.4, 0.5) is 0 Å². The van der Waals surface area contributed by atoms with Crippen molar-refractivity contribution in [3.63, 3.8) is 0 Å². The Bertz CT molecular complexity index is 322. The van der Waals surface area contributed by atoms with Crippen LogP contribution >= 0.6 is 0 Å². The monoisotopic (exact) mass is 198 g/mol. The molecular weight excluding hydrogens is 184 g/mol. The highest BCUT2D eigenvalue weighted by Gasteiger charge is 2.19. The first-order chi connectivity index (χ1) is 6.52. The van der Waals surface area contributed by atoms with E-state index in [2.05, 4.69) is 4.98 Å². The number of aromatic nitrogens is 2. The molecule has 0 radical (unpaired) electrons. The summed E-state index contributed by atoms with van der Waals surface area (Å²) in [5.41, 5.74) is 0.637. The van der Waals surface area contributed by atoms with E-state index in [0.717, 1.165) is 0 Å². The summed E-state index contributed by atoms with van der Waals surface area (Å²) in [5.74, 6) is -1.45. The van der Waals surface area contributed by atoms with Crippen LogP contribution in [0, 0.1) is 5.92 Å². The number of carboxylic acids is 1. The van der Waals surface area contributed by atoms with Crippen molar-refractivity contribution in [2.75, 3.05) is 0 Å². The van der Waals surface area contributed by atoms with Crippen LogP contribution < -0.4 is 0 Å². The van der Waals surface area contributed by atoms with Gasteiger partial charge in [-0.2, -0.15) is 0 Å². The molecule has 0 aliphatic carbocycles. The smallest absolute Gasteiger partial charge is 0.306 e. The minimum atomic E-state index is -0.897. The third-order valence-corrected chi connectivity index (χ3v) is 2.19. The summed E-state index contributed by atoms with van der Waals surface area (Å²) in [4.78, 5) is 14.4. The molecule has 0 saturated carbocycles. The molecule has 2 unspecified atom stereocenters. The molecule has 1 rings (SSSR count). The number of hydrogen-bond donors (Lipinski definition) is 2. The predicted octanol–water partition coefficient (Wildman–Crippen LogP) is 0.564. The maximum absolute atomic E-state index is 10.6. The molecule has 2 atom stereocenters. The molecule has 0 spiro atoms. The molecule has 1 heterocycles. The van der Waals surface area contributed by atoms with Crippen molar-refractivity contribution < 1.29 is 15.0 Å². The van der Waals surface area contributed by atoms with Crippen molar-refractivity contribution in [3.05, 3.63) is 18.2 Å². The van der Waals surface area contributed by atoms with E-state index in [-0.39, 0.29) is 6.42 Å². The lowest BCUT2D eigenvalue weighted by molar-refractivity contribution is -0.142. The van der Waals surface area contributed by atoms with Crippen LogP contribution in [0.5, 0.6) is 0 Å². The Kier molecular flexibility index (Phi) is 3.24. The molecule has 0 saturated heterocycles. The van der Waals surface area contributed by atoms with Gasteiger partial charge in [0.25, 0.3) is 0 Å². The highest BCUT2D eigenvalue weighted by atomic mass is 16.4. The Labute approximate surface area is 82.0 Å². The van der Waals surface area contributed by atoms with Crippen molar-refractivity contribution in [2.45, 2.75) is 19.4 Å². The van der Waals surface area contributed by atoms with Crippen molar-refractivity contribution >= 4 is 5.97 Å². The van der Waals surface area contributed by atoms with Crippen molar-refractivity contribution in [1.29, 1.82) is 0 Å². The van der Waals surface area contributed by atoms with E-state index in [9.17, 15) is 9.90 Å². The number of aliphatic carboxylic acids is 1. The molecule has 14 heavy (non-hydrogen) atoms. The van der Waals surface area contributed by atoms with E-state index in [4.69, 9.17) is 5.11 Å². The lowest BCUT2D eigenvalue weighted by Crippen LogP contribution is -2.15. The van der Waals surface area contributed by atoms with Gasteiger partial charge in [-0.25, -0.2) is 4.98 Å². The topological polar surface area (TPSA) is 75.4 Å². The van der Waals surface area contributed by atoms with Crippen LogP contribution in [-0.4, -0.2) is 25.7 Å². The van der Waals surface area contributed by atoms with Gasteiger partial charge in [0.05, 0.1) is 30.2 Å². The first-order valence-corrected chi connectivity index (χ1v) is 4.39. The number of imidazole rings is 1. The number of carbonyl (C=O) groups is 1. The van der Waals surface area contributed by atoms with Gasteiger partial charge in [0.15, 0.2) is 0 Å². The third-order valence-electron chi connectivity index (χ3n) is 2.19. The Morgan fingerprint density at radius 2 is 2.36 bits per heavy atom. The lowest BCUT2D eigenvalue weighted by Gasteiger charge is -2.13. The maximum atomic E-state index is 10.6. The van der Waals surface area contributed by atoms with Gasteiger partial charge >= 0.3 is 5.97 Å². The van der Waals surface area contributed by atoms with E-state index in [1.165, 1.54) is 0 Å². The molecule has 0 aliphatic rings. The summed E-state index contributed by atoms with van der Waals surface area (Å²) in [6, 6.07) is 0. The van der Waals surface area contributed by atoms with E-state index in [1.54, 1.807) is 31.1 Å². The zero-order valence-corrected chi connectivity index (χ0v) is 8.21. The second kappa shape index (κ2) is 4.23. The summed E-state index contributed by atoms with van der Waals surface area (Å²) in [7, 11) is 1.76. The number of nitrogens with zero attached hydrogens (tertiary/aromatic N) is 2. The second-order valence-electron chi connectivity index (χ2n) is 3.42. The quantitative estimate of drug-likeness (QED) is 0.741. The number of aliphatic hydroxyl groups excluding tert-OH is 1. The minimum Gasteiger partial charge on any atom is -0.481 e. The predicted molar refractivity (Wildman–Crippen MR) is 49.6 cm³/mol. The fourth-order valence-corrected chi connectivity index (χ4v) is 1.24. The van der Waals surface area contributed by atoms with Crippen LogP contribution in [0.3, 0.4) is 0 Å². The number of carboxylic acid groups (broad SMARTS) is 1. The summed E-state index contributed by atoms with van der Waals surface area (Å²) in [6.07, 6.45) is 2.55. The number of hydrogen-bond acceptors (Lipinski definition) is 3. The average Bonchev–Trinajstić information content (AvgIpc) is 2.51. The van der Waals surface area contributed by atoms with E-state index in [0.29, 0.717) is 5.69 Å². The minimum absolute atomic E-state index is 0.203. The van der Waals surface area contributed by atoms with Gasteiger partial charge in [0.2, 0.25) is 0 Å². The summed E-state index contributed by atoms with van der Waals surface area (Å²) >= 11 is 0.